The van der Waals surface area contributed by atoms with Crippen LogP contribution in [0.2, 0.25) is 0 Å². The number of hydrogen-bond acceptors (Lipinski definition) is 5. The Hall–Kier alpha value is -3.20. The Morgan fingerprint density at radius 3 is 2.59 bits per heavy atom. The summed E-state index contributed by atoms with van der Waals surface area (Å²) >= 11 is 1.10. The average Bonchev–Trinajstić information content (AvgIpc) is 3.26. The van der Waals surface area contributed by atoms with E-state index in [2.05, 4.69) is 14.8 Å². The van der Waals surface area contributed by atoms with Gasteiger partial charge in [0.05, 0.1) is 16.5 Å². The second kappa shape index (κ2) is 6.51. The summed E-state index contributed by atoms with van der Waals surface area (Å²) in [6, 6.07) is 12.6. The lowest BCUT2D eigenvalue weighted by atomic mass is 10.1. The van der Waals surface area contributed by atoms with E-state index in [-0.39, 0.29) is 17.9 Å². The van der Waals surface area contributed by atoms with Crippen molar-refractivity contribution in [2.45, 2.75) is 6.18 Å². The minimum absolute atomic E-state index is 0.0573. The quantitative estimate of drug-likeness (QED) is 0.475. The fourth-order valence-corrected chi connectivity index (χ4v) is 3.39. The molecule has 4 aromatic rings. The summed E-state index contributed by atoms with van der Waals surface area (Å²) in [5.74, 6) is 0.0573. The van der Waals surface area contributed by atoms with Crippen molar-refractivity contribution in [3.63, 3.8) is 0 Å². The molecule has 0 aliphatic rings. The Balaban J connectivity index is 1.96. The fraction of sp³-hybridized carbons (Fsp3) is 0.0556. The molecule has 0 aliphatic heterocycles. The number of aromatic nitrogens is 3. The molecule has 4 rings (SSSR count). The predicted octanol–water partition coefficient (Wildman–Crippen LogP) is 4.70. The van der Waals surface area contributed by atoms with Gasteiger partial charge in [-0.1, -0.05) is 41.7 Å². The van der Waals surface area contributed by atoms with Crippen LogP contribution in [0.5, 0.6) is 5.88 Å². The van der Waals surface area contributed by atoms with Crippen molar-refractivity contribution in [2.75, 3.05) is 0 Å². The third-order valence-electron chi connectivity index (χ3n) is 3.88. The number of halogens is 3. The molecule has 0 saturated carbocycles. The van der Waals surface area contributed by atoms with Crippen LogP contribution in [0.15, 0.2) is 53.9 Å². The van der Waals surface area contributed by atoms with Crippen LogP contribution in [0.1, 0.15) is 5.56 Å². The van der Waals surface area contributed by atoms with Gasteiger partial charge < -0.3 is 4.74 Å². The number of ether oxygens (including phenoxy) is 1. The Labute approximate surface area is 154 Å². The second-order valence-corrected chi connectivity index (χ2v) is 6.38. The predicted molar refractivity (Wildman–Crippen MR) is 93.9 cm³/mol. The van der Waals surface area contributed by atoms with Gasteiger partial charge in [0.1, 0.15) is 5.69 Å². The molecular weight excluding hydrogens is 379 g/mol. The molecule has 0 saturated heterocycles. The topological polar surface area (TPSA) is 57.0 Å². The molecule has 0 fully saturated rings. The van der Waals surface area contributed by atoms with Crippen molar-refractivity contribution in [3.05, 3.63) is 59.5 Å². The second-order valence-electron chi connectivity index (χ2n) is 5.54. The molecular formula is C18H10F3N3O2S. The van der Waals surface area contributed by atoms with Gasteiger partial charge in [-0.05, 0) is 18.2 Å². The van der Waals surface area contributed by atoms with Crippen LogP contribution in [0.25, 0.3) is 27.3 Å². The number of thiazole rings is 1. The molecule has 9 heteroatoms. The van der Waals surface area contributed by atoms with Crippen molar-refractivity contribution in [1.29, 1.82) is 0 Å². The van der Waals surface area contributed by atoms with Crippen LogP contribution in [0.4, 0.5) is 13.2 Å². The number of carbonyl (C=O) groups is 1. The minimum Gasteiger partial charge on any atom is -0.409 e. The van der Waals surface area contributed by atoms with Gasteiger partial charge in [-0.2, -0.15) is 23.3 Å². The van der Waals surface area contributed by atoms with Crippen LogP contribution in [-0.4, -0.2) is 21.2 Å². The first-order valence-corrected chi connectivity index (χ1v) is 8.57. The van der Waals surface area contributed by atoms with Crippen LogP contribution in [0.3, 0.4) is 0 Å². The van der Waals surface area contributed by atoms with Crippen LogP contribution in [-0.2, 0) is 11.0 Å². The highest BCUT2D eigenvalue weighted by molar-refractivity contribution is 7.12. The van der Waals surface area contributed by atoms with Gasteiger partial charge in [-0.25, -0.2) is 4.68 Å². The first-order valence-electron chi connectivity index (χ1n) is 7.69. The molecule has 0 radical (unpaired) electrons. The normalized spacial score (nSPS) is 11.7. The van der Waals surface area contributed by atoms with Crippen molar-refractivity contribution in [2.24, 2.45) is 0 Å². The minimum atomic E-state index is -4.48. The number of rotatable bonds is 4. The number of benzene rings is 2. The van der Waals surface area contributed by atoms with E-state index in [4.69, 9.17) is 0 Å². The van der Waals surface area contributed by atoms with Crippen LogP contribution >= 0.6 is 11.3 Å². The number of nitrogens with zero attached hydrogens (tertiary/aromatic N) is 3. The van der Waals surface area contributed by atoms with E-state index in [1.165, 1.54) is 16.1 Å². The Morgan fingerprint density at radius 1 is 1.11 bits per heavy atom. The van der Waals surface area contributed by atoms with Gasteiger partial charge in [-0.3, -0.25) is 4.79 Å². The fourth-order valence-electron chi connectivity index (χ4n) is 2.70. The lowest BCUT2D eigenvalue weighted by molar-refractivity contribution is -0.137. The van der Waals surface area contributed by atoms with Crippen molar-refractivity contribution in [1.82, 2.24) is 14.8 Å². The van der Waals surface area contributed by atoms with E-state index in [0.29, 0.717) is 16.2 Å². The molecule has 136 valence electrons. The zero-order valence-corrected chi connectivity index (χ0v) is 14.3. The standard InChI is InChI=1S/C18H10F3N3O2S/c19-18(20,21)12-6-7-13-14(8-12)24(17-22-15(9-27-17)26-10-25)23-16(13)11-4-2-1-3-5-11/h1-10H. The van der Waals surface area contributed by atoms with E-state index >= 15 is 0 Å². The van der Waals surface area contributed by atoms with E-state index in [9.17, 15) is 18.0 Å². The van der Waals surface area contributed by atoms with E-state index < -0.39 is 11.7 Å². The molecule has 2 heterocycles. The number of alkyl halides is 3. The van der Waals surface area contributed by atoms with Gasteiger partial charge >= 0.3 is 6.18 Å². The average molecular weight is 389 g/mol. The SMILES string of the molecule is O=COc1csc(-n2nc(-c3ccccc3)c3ccc(C(F)(F)F)cc32)n1. The lowest BCUT2D eigenvalue weighted by Gasteiger charge is -2.07. The third-order valence-corrected chi connectivity index (χ3v) is 4.67. The Kier molecular flexibility index (Phi) is 4.15. The van der Waals surface area contributed by atoms with Crippen molar-refractivity contribution >= 4 is 28.7 Å². The van der Waals surface area contributed by atoms with E-state index in [1.807, 2.05) is 30.3 Å². The van der Waals surface area contributed by atoms with Gasteiger partial charge in [0, 0.05) is 10.9 Å². The molecule has 0 aliphatic carbocycles. The lowest BCUT2D eigenvalue weighted by Crippen LogP contribution is -2.05. The maximum absolute atomic E-state index is 13.2. The molecule has 0 unspecified atom stereocenters. The highest BCUT2D eigenvalue weighted by Crippen LogP contribution is 2.36. The third kappa shape index (κ3) is 3.17. The molecule has 0 atom stereocenters. The molecule has 2 aromatic heterocycles. The first-order chi connectivity index (χ1) is 13.0. The Bertz CT molecular complexity index is 1120. The molecule has 2 aromatic carbocycles. The number of carbonyl (C=O) groups excluding carboxylic acids is 1. The molecule has 0 spiro atoms. The van der Waals surface area contributed by atoms with E-state index in [1.54, 1.807) is 0 Å². The number of fused-ring (bicyclic) bond motifs is 1. The van der Waals surface area contributed by atoms with Crippen LogP contribution < -0.4 is 4.74 Å². The highest BCUT2D eigenvalue weighted by atomic mass is 32.1. The monoisotopic (exact) mass is 389 g/mol. The summed E-state index contributed by atoms with van der Waals surface area (Å²) in [4.78, 5) is 14.6. The maximum atomic E-state index is 13.2. The highest BCUT2D eigenvalue weighted by Gasteiger charge is 2.31. The van der Waals surface area contributed by atoms with Gasteiger partial charge in [0.25, 0.3) is 6.47 Å². The largest absolute Gasteiger partial charge is 0.416 e. The molecule has 5 nitrogen and oxygen atoms in total. The molecule has 27 heavy (non-hydrogen) atoms. The van der Waals surface area contributed by atoms with Gasteiger partial charge in [-0.15, -0.1) is 0 Å². The first kappa shape index (κ1) is 17.2. The zero-order chi connectivity index (χ0) is 19.0. The zero-order valence-electron chi connectivity index (χ0n) is 13.5. The van der Waals surface area contributed by atoms with Crippen molar-refractivity contribution in [3.8, 4) is 22.3 Å². The summed E-state index contributed by atoms with van der Waals surface area (Å²) in [5.41, 5.74) is 0.779. The van der Waals surface area contributed by atoms with Gasteiger partial charge in [0.15, 0.2) is 0 Å². The summed E-state index contributed by atoms with van der Waals surface area (Å²) in [7, 11) is 0. The Morgan fingerprint density at radius 2 is 1.89 bits per heavy atom. The summed E-state index contributed by atoms with van der Waals surface area (Å²) in [5, 5.41) is 6.81. The summed E-state index contributed by atoms with van der Waals surface area (Å²) in [6.45, 7) is 0.233. The van der Waals surface area contributed by atoms with Crippen molar-refractivity contribution < 1.29 is 22.7 Å². The summed E-state index contributed by atoms with van der Waals surface area (Å²) in [6.07, 6.45) is -4.48. The van der Waals surface area contributed by atoms with E-state index in [0.717, 1.165) is 29.0 Å². The molecule has 0 amide bonds. The van der Waals surface area contributed by atoms with Crippen LogP contribution in [0, 0.1) is 0 Å². The number of hydrogen-bond donors (Lipinski definition) is 0. The maximum Gasteiger partial charge on any atom is 0.416 e. The van der Waals surface area contributed by atoms with Gasteiger partial charge in [0.2, 0.25) is 11.0 Å². The summed E-state index contributed by atoms with van der Waals surface area (Å²) < 4.78 is 45.6. The molecule has 0 bridgehead atoms. The molecule has 0 N–H and O–H groups in total. The smallest absolute Gasteiger partial charge is 0.409 e.